The summed E-state index contributed by atoms with van der Waals surface area (Å²) < 4.78 is 4.70. The molecule has 0 amide bonds. The third kappa shape index (κ3) is 6.88. The van der Waals surface area contributed by atoms with Crippen molar-refractivity contribution in [3.63, 3.8) is 0 Å². The Bertz CT molecular complexity index is 164. The zero-order valence-electron chi connectivity index (χ0n) is 7.09. The van der Waals surface area contributed by atoms with Gasteiger partial charge in [-0.25, -0.2) is 0 Å². The Labute approximate surface area is 67.6 Å². The van der Waals surface area contributed by atoms with E-state index in [0.717, 1.165) is 6.42 Å². The van der Waals surface area contributed by atoms with Crippen LogP contribution in [-0.4, -0.2) is 12.6 Å². The van der Waals surface area contributed by atoms with Gasteiger partial charge in [-0.1, -0.05) is 6.92 Å². The molecule has 0 heterocycles. The Morgan fingerprint density at radius 3 is 2.73 bits per heavy atom. The SMILES string of the molecule is CCC=C=CCC(=O)OCC. The van der Waals surface area contributed by atoms with E-state index in [1.807, 2.05) is 13.0 Å². The van der Waals surface area contributed by atoms with E-state index in [-0.39, 0.29) is 5.97 Å². The van der Waals surface area contributed by atoms with Crippen LogP contribution in [0.1, 0.15) is 26.7 Å². The first kappa shape index (κ1) is 9.99. The lowest BCUT2D eigenvalue weighted by Gasteiger charge is -1.94. The first-order chi connectivity index (χ1) is 5.31. The summed E-state index contributed by atoms with van der Waals surface area (Å²) in [6.45, 7) is 4.26. The van der Waals surface area contributed by atoms with Crippen LogP contribution in [0.4, 0.5) is 0 Å². The highest BCUT2D eigenvalue weighted by atomic mass is 16.5. The van der Waals surface area contributed by atoms with E-state index in [2.05, 4.69) is 5.73 Å². The lowest BCUT2D eigenvalue weighted by molar-refractivity contribution is -0.142. The van der Waals surface area contributed by atoms with Crippen molar-refractivity contribution in [2.45, 2.75) is 26.7 Å². The molecule has 0 aliphatic rings. The summed E-state index contributed by atoms with van der Waals surface area (Å²) in [4.78, 5) is 10.7. The number of hydrogen-bond donors (Lipinski definition) is 0. The molecule has 0 aliphatic carbocycles. The molecule has 0 radical (unpaired) electrons. The van der Waals surface area contributed by atoms with Crippen LogP contribution in [0.3, 0.4) is 0 Å². The number of rotatable bonds is 4. The second-order valence-corrected chi connectivity index (χ2v) is 1.99. The van der Waals surface area contributed by atoms with Crippen molar-refractivity contribution in [3.8, 4) is 0 Å². The average molecular weight is 154 g/mol. The van der Waals surface area contributed by atoms with Gasteiger partial charge in [0.25, 0.3) is 0 Å². The monoisotopic (exact) mass is 154 g/mol. The van der Waals surface area contributed by atoms with Crippen molar-refractivity contribution in [1.82, 2.24) is 0 Å². The van der Waals surface area contributed by atoms with Crippen LogP contribution in [0, 0.1) is 0 Å². The molecule has 0 fully saturated rings. The molecule has 0 rings (SSSR count). The summed E-state index contributed by atoms with van der Waals surface area (Å²) in [7, 11) is 0. The molecule has 0 saturated carbocycles. The molecule has 0 bridgehead atoms. The van der Waals surface area contributed by atoms with Gasteiger partial charge in [0.05, 0.1) is 13.0 Å². The van der Waals surface area contributed by atoms with Gasteiger partial charge >= 0.3 is 5.97 Å². The van der Waals surface area contributed by atoms with E-state index >= 15 is 0 Å². The van der Waals surface area contributed by atoms with Crippen molar-refractivity contribution < 1.29 is 9.53 Å². The van der Waals surface area contributed by atoms with Gasteiger partial charge in [0.1, 0.15) is 0 Å². The van der Waals surface area contributed by atoms with Crippen molar-refractivity contribution in [2.24, 2.45) is 0 Å². The first-order valence-corrected chi connectivity index (χ1v) is 3.86. The molecule has 2 heteroatoms. The van der Waals surface area contributed by atoms with Gasteiger partial charge in [-0.3, -0.25) is 4.79 Å². The van der Waals surface area contributed by atoms with E-state index in [9.17, 15) is 4.79 Å². The summed E-state index contributed by atoms with van der Waals surface area (Å²) in [5, 5.41) is 0. The fraction of sp³-hybridized carbons (Fsp3) is 0.556. The first-order valence-electron chi connectivity index (χ1n) is 3.86. The summed E-state index contributed by atoms with van der Waals surface area (Å²) in [5.41, 5.74) is 2.87. The van der Waals surface area contributed by atoms with Gasteiger partial charge in [-0.2, -0.15) is 0 Å². The summed E-state index contributed by atoms with van der Waals surface area (Å²) in [5.74, 6) is -0.190. The molecule has 0 aromatic rings. The topological polar surface area (TPSA) is 26.3 Å². The maximum Gasteiger partial charge on any atom is 0.310 e. The number of esters is 1. The predicted octanol–water partition coefficient (Wildman–Crippen LogP) is 2.06. The minimum atomic E-state index is -0.190. The molecular weight excluding hydrogens is 140 g/mol. The Hall–Kier alpha value is -1.01. The van der Waals surface area contributed by atoms with Crippen LogP contribution in [0.15, 0.2) is 17.9 Å². The van der Waals surface area contributed by atoms with E-state index in [1.165, 1.54) is 0 Å². The van der Waals surface area contributed by atoms with Crippen molar-refractivity contribution >= 4 is 5.97 Å². The van der Waals surface area contributed by atoms with Crippen molar-refractivity contribution in [2.75, 3.05) is 6.61 Å². The molecule has 0 atom stereocenters. The van der Waals surface area contributed by atoms with Crippen LogP contribution < -0.4 is 0 Å². The maximum absolute atomic E-state index is 10.7. The quantitative estimate of drug-likeness (QED) is 0.457. The van der Waals surface area contributed by atoms with Gasteiger partial charge in [0.15, 0.2) is 0 Å². The lowest BCUT2D eigenvalue weighted by atomic mass is 10.4. The standard InChI is InChI=1S/C9H14O2/c1-3-5-6-7-8-9(10)11-4-2/h5,7H,3-4,8H2,1-2H3. The number of ether oxygens (including phenoxy) is 1. The minimum absolute atomic E-state index is 0.190. The molecule has 0 aromatic carbocycles. The van der Waals surface area contributed by atoms with Crippen LogP contribution in [-0.2, 0) is 9.53 Å². The fourth-order valence-corrected chi connectivity index (χ4v) is 0.563. The molecule has 0 aliphatic heterocycles. The van der Waals surface area contributed by atoms with Gasteiger partial charge in [0, 0.05) is 0 Å². The molecule has 2 nitrogen and oxygen atoms in total. The van der Waals surface area contributed by atoms with Crippen molar-refractivity contribution in [3.05, 3.63) is 17.9 Å². The van der Waals surface area contributed by atoms with Gasteiger partial charge in [-0.15, -0.1) is 5.73 Å². The van der Waals surface area contributed by atoms with Crippen LogP contribution >= 0.6 is 0 Å². The number of carbonyl (C=O) groups excluding carboxylic acids is 1. The Kier molecular flexibility index (Phi) is 6.45. The van der Waals surface area contributed by atoms with E-state index < -0.39 is 0 Å². The predicted molar refractivity (Wildman–Crippen MR) is 44.2 cm³/mol. The van der Waals surface area contributed by atoms with E-state index in [0.29, 0.717) is 13.0 Å². The Morgan fingerprint density at radius 1 is 1.45 bits per heavy atom. The summed E-state index contributed by atoms with van der Waals surface area (Å²) >= 11 is 0. The van der Waals surface area contributed by atoms with Crippen LogP contribution in [0.5, 0.6) is 0 Å². The molecule has 11 heavy (non-hydrogen) atoms. The molecule has 0 aromatic heterocycles. The average Bonchev–Trinajstić information content (AvgIpc) is 1.99. The largest absolute Gasteiger partial charge is 0.466 e. The zero-order valence-corrected chi connectivity index (χ0v) is 7.09. The van der Waals surface area contributed by atoms with Gasteiger partial charge in [-0.05, 0) is 25.5 Å². The third-order valence-corrected chi connectivity index (χ3v) is 1.01. The fourth-order valence-electron chi connectivity index (χ4n) is 0.563. The molecule has 0 unspecified atom stereocenters. The summed E-state index contributed by atoms with van der Waals surface area (Å²) in [6, 6.07) is 0. The molecular formula is C9H14O2. The second kappa shape index (κ2) is 7.10. The second-order valence-electron chi connectivity index (χ2n) is 1.99. The number of hydrogen-bond acceptors (Lipinski definition) is 2. The number of carbonyl (C=O) groups is 1. The highest BCUT2D eigenvalue weighted by Gasteiger charge is 1.94. The zero-order chi connectivity index (χ0) is 8.53. The van der Waals surface area contributed by atoms with Gasteiger partial charge in [0.2, 0.25) is 0 Å². The smallest absolute Gasteiger partial charge is 0.310 e. The third-order valence-electron chi connectivity index (χ3n) is 1.01. The minimum Gasteiger partial charge on any atom is -0.466 e. The van der Waals surface area contributed by atoms with E-state index in [4.69, 9.17) is 4.74 Å². The molecule has 0 spiro atoms. The Morgan fingerprint density at radius 2 is 2.18 bits per heavy atom. The highest BCUT2D eigenvalue weighted by Crippen LogP contribution is 1.87. The van der Waals surface area contributed by atoms with Crippen molar-refractivity contribution in [1.29, 1.82) is 0 Å². The Balaban J connectivity index is 3.52. The summed E-state index contributed by atoms with van der Waals surface area (Å²) in [6.07, 6.45) is 4.82. The lowest BCUT2D eigenvalue weighted by Crippen LogP contribution is -2.00. The van der Waals surface area contributed by atoms with Gasteiger partial charge < -0.3 is 4.74 Å². The normalized spacial score (nSPS) is 8.18. The van der Waals surface area contributed by atoms with Crippen LogP contribution in [0.2, 0.25) is 0 Å². The van der Waals surface area contributed by atoms with E-state index in [1.54, 1.807) is 13.0 Å². The molecule has 0 N–H and O–H groups in total. The molecule has 0 saturated heterocycles. The van der Waals surface area contributed by atoms with Crippen LogP contribution in [0.25, 0.3) is 0 Å². The highest BCUT2D eigenvalue weighted by molar-refractivity contribution is 5.70. The molecule has 62 valence electrons. The maximum atomic E-state index is 10.7.